The normalized spacial score (nSPS) is 12.0. The smallest absolute Gasteiger partial charge is 0.166 e. The van der Waals surface area contributed by atoms with E-state index in [1.165, 1.54) is 0 Å². The molecule has 16 nitrogen and oxygen atoms in total. The van der Waals surface area contributed by atoms with Crippen LogP contribution < -0.4 is 45.9 Å². The standard InChI is InChI=1S/C32H26N16/c33-9-1-13-21(17(37)5-9)29-41-25(13)45-30-22-14(2-10(34)6-18(22)38)27(42-30)47-32-24-16(4-12(36)8-20(24)40)28(44-32)48-31-23-15(26(43-31)46-29)3-11(35)7-19(23)39/h1-8H,33-40H2,(H2,41,42,43,44,45,46,47,48). The first kappa shape index (κ1) is 27.0. The molecule has 0 spiro atoms. The van der Waals surface area contributed by atoms with Gasteiger partial charge in [-0.15, -0.1) is 0 Å². The lowest BCUT2D eigenvalue weighted by molar-refractivity contribution is 1.19. The summed E-state index contributed by atoms with van der Waals surface area (Å²) in [4.78, 5) is 36.0. The van der Waals surface area contributed by atoms with Crippen LogP contribution in [-0.4, -0.2) is 39.9 Å². The SMILES string of the molecule is Nc1cc(N)c2c(c1)-c1nc-2nc2[nH]c(nc3nc(nc4[nH]c(n1)c1c(N)cc(N)cc41)-c1c(N)cc(N)cc1-3)c1c(N)cc(N)cc21. The Morgan fingerprint density at radius 2 is 0.708 bits per heavy atom. The van der Waals surface area contributed by atoms with Gasteiger partial charge >= 0.3 is 0 Å². The van der Waals surface area contributed by atoms with Gasteiger partial charge in [-0.3, -0.25) is 0 Å². The third-order valence-corrected chi connectivity index (χ3v) is 8.45. The van der Waals surface area contributed by atoms with Gasteiger partial charge in [-0.25, -0.2) is 29.9 Å². The van der Waals surface area contributed by atoms with Crippen LogP contribution in [0.1, 0.15) is 0 Å². The third-order valence-electron chi connectivity index (χ3n) is 8.45. The summed E-state index contributed by atoms with van der Waals surface area (Å²) in [5.74, 6) is 1.14. The molecule has 0 fully saturated rings. The fourth-order valence-corrected chi connectivity index (χ4v) is 6.52. The van der Waals surface area contributed by atoms with Crippen molar-refractivity contribution in [1.29, 1.82) is 0 Å². The Labute approximate surface area is 269 Å². The van der Waals surface area contributed by atoms with E-state index in [2.05, 4.69) is 9.97 Å². The maximum absolute atomic E-state index is 6.53. The van der Waals surface area contributed by atoms with E-state index in [0.717, 1.165) is 0 Å². The van der Waals surface area contributed by atoms with Crippen molar-refractivity contribution in [1.82, 2.24) is 39.9 Å². The highest BCUT2D eigenvalue weighted by molar-refractivity contribution is 6.14. The van der Waals surface area contributed by atoms with Crippen molar-refractivity contribution in [3.8, 4) is 45.6 Å². The topological polar surface area (TPSA) is 317 Å². The minimum absolute atomic E-state index is 0.279. The molecule has 0 saturated heterocycles. The number of hydrogen-bond donors (Lipinski definition) is 10. The van der Waals surface area contributed by atoms with Gasteiger partial charge in [-0.2, -0.15) is 0 Å². The minimum atomic E-state index is 0.279. The molecule has 2 aliphatic rings. The van der Waals surface area contributed by atoms with E-state index < -0.39 is 0 Å². The molecule has 18 N–H and O–H groups in total. The van der Waals surface area contributed by atoms with E-state index >= 15 is 0 Å². The molecule has 48 heavy (non-hydrogen) atoms. The number of aromatic nitrogens is 8. The summed E-state index contributed by atoms with van der Waals surface area (Å²) in [5.41, 5.74) is 58.0. The van der Waals surface area contributed by atoms with Gasteiger partial charge in [0, 0.05) is 67.4 Å². The number of hydrogen-bond acceptors (Lipinski definition) is 14. The molecule has 0 aliphatic carbocycles. The molecule has 0 atom stereocenters. The number of benzene rings is 4. The van der Waals surface area contributed by atoms with Gasteiger partial charge in [0.15, 0.2) is 23.3 Å². The van der Waals surface area contributed by atoms with Gasteiger partial charge in [0.25, 0.3) is 0 Å². The number of nitrogen functional groups attached to an aromatic ring is 8. The largest absolute Gasteiger partial charge is 0.399 e. The zero-order valence-electron chi connectivity index (χ0n) is 24.9. The molecule has 4 aromatic carbocycles. The molecule has 0 amide bonds. The van der Waals surface area contributed by atoms with Crippen LogP contribution in [-0.2, 0) is 0 Å². The van der Waals surface area contributed by atoms with Crippen LogP contribution in [0.3, 0.4) is 0 Å². The summed E-state index contributed by atoms with van der Waals surface area (Å²) in [7, 11) is 0. The molecule has 8 bridgehead atoms. The number of nitrogens with one attached hydrogen (secondary N) is 2. The van der Waals surface area contributed by atoms with Crippen molar-refractivity contribution in [2.24, 2.45) is 0 Å². The number of aromatic amines is 2. The molecule has 2 aliphatic heterocycles. The average Bonchev–Trinajstić information content (AvgIpc) is 3.72. The Morgan fingerprint density at radius 3 is 1.12 bits per heavy atom. The van der Waals surface area contributed by atoms with Crippen LogP contribution in [0.25, 0.3) is 89.7 Å². The highest BCUT2D eigenvalue weighted by Gasteiger charge is 2.26. The maximum atomic E-state index is 6.53. The number of anilines is 8. The quantitative estimate of drug-likeness (QED) is 0.107. The van der Waals surface area contributed by atoms with Crippen LogP contribution >= 0.6 is 0 Å². The van der Waals surface area contributed by atoms with Crippen LogP contribution in [0, 0.1) is 0 Å². The lowest BCUT2D eigenvalue weighted by Crippen LogP contribution is -1.95. The summed E-state index contributed by atoms with van der Waals surface area (Å²) < 4.78 is 0. The van der Waals surface area contributed by atoms with E-state index in [1.54, 1.807) is 48.5 Å². The van der Waals surface area contributed by atoms with Crippen LogP contribution in [0.4, 0.5) is 45.5 Å². The lowest BCUT2D eigenvalue weighted by Gasteiger charge is -2.05. The fourth-order valence-electron chi connectivity index (χ4n) is 6.52. The summed E-state index contributed by atoms with van der Waals surface area (Å²) in [5, 5.41) is 2.34. The Bertz CT molecular complexity index is 2590. The highest BCUT2D eigenvalue weighted by Crippen LogP contribution is 2.43. The molecule has 234 valence electrons. The van der Waals surface area contributed by atoms with Crippen molar-refractivity contribution in [2.45, 2.75) is 0 Å². The number of nitrogens with zero attached hydrogens (tertiary/aromatic N) is 6. The van der Waals surface area contributed by atoms with Crippen LogP contribution in [0.2, 0.25) is 0 Å². The third kappa shape index (κ3) is 3.76. The van der Waals surface area contributed by atoms with Crippen molar-refractivity contribution < 1.29 is 0 Å². The molecule has 5 heterocycles. The molecular weight excluding hydrogens is 608 g/mol. The second kappa shape index (κ2) is 9.10. The van der Waals surface area contributed by atoms with E-state index in [0.29, 0.717) is 124 Å². The Kier molecular flexibility index (Phi) is 5.12. The van der Waals surface area contributed by atoms with Gasteiger partial charge in [0.1, 0.15) is 22.6 Å². The second-order valence-electron chi connectivity index (χ2n) is 11.7. The number of fused-ring (bicyclic) bond motifs is 20. The summed E-state index contributed by atoms with van der Waals surface area (Å²) in [6.45, 7) is 0. The van der Waals surface area contributed by atoms with E-state index in [1.807, 2.05) is 0 Å². The molecule has 16 heteroatoms. The van der Waals surface area contributed by atoms with Gasteiger partial charge in [0.05, 0.1) is 21.9 Å². The van der Waals surface area contributed by atoms with Gasteiger partial charge in [-0.1, -0.05) is 0 Å². The number of H-pyrrole nitrogens is 2. The van der Waals surface area contributed by atoms with Crippen LogP contribution in [0.15, 0.2) is 48.5 Å². The highest BCUT2D eigenvalue weighted by atomic mass is 15.1. The van der Waals surface area contributed by atoms with Crippen molar-refractivity contribution in [2.75, 3.05) is 45.9 Å². The minimum Gasteiger partial charge on any atom is -0.399 e. The zero-order chi connectivity index (χ0) is 33.2. The van der Waals surface area contributed by atoms with Crippen LogP contribution in [0.5, 0.6) is 0 Å². The molecule has 7 aromatic rings. The first-order valence-electron chi connectivity index (χ1n) is 14.6. The van der Waals surface area contributed by atoms with Gasteiger partial charge in [-0.05, 0) is 48.5 Å². The lowest BCUT2D eigenvalue weighted by atomic mass is 10.1. The van der Waals surface area contributed by atoms with Crippen molar-refractivity contribution in [3.05, 3.63) is 48.5 Å². The number of rotatable bonds is 0. The predicted molar refractivity (Wildman–Crippen MR) is 191 cm³/mol. The Morgan fingerprint density at radius 1 is 0.354 bits per heavy atom. The zero-order valence-corrected chi connectivity index (χ0v) is 24.9. The average molecular weight is 635 g/mol. The number of nitrogens with two attached hydrogens (primary N) is 8. The predicted octanol–water partition coefficient (Wildman–Crippen LogP) is 3.53. The summed E-state index contributed by atoms with van der Waals surface area (Å²) in [6.07, 6.45) is 0. The monoisotopic (exact) mass is 634 g/mol. The Hall–Kier alpha value is -7.36. The molecule has 3 aromatic heterocycles. The summed E-state index contributed by atoms with van der Waals surface area (Å²) >= 11 is 0. The first-order valence-corrected chi connectivity index (χ1v) is 14.6. The van der Waals surface area contributed by atoms with E-state index in [9.17, 15) is 0 Å². The van der Waals surface area contributed by atoms with E-state index in [4.69, 9.17) is 75.8 Å². The molecule has 9 rings (SSSR count). The van der Waals surface area contributed by atoms with Gasteiger partial charge in [0.2, 0.25) is 0 Å². The van der Waals surface area contributed by atoms with Crippen molar-refractivity contribution >= 4 is 89.6 Å². The Balaban J connectivity index is 1.55. The van der Waals surface area contributed by atoms with Crippen molar-refractivity contribution in [3.63, 3.8) is 0 Å². The molecule has 0 unspecified atom stereocenters. The molecular formula is C32H26N16. The first-order chi connectivity index (χ1) is 23.0. The van der Waals surface area contributed by atoms with Gasteiger partial charge < -0.3 is 55.8 Å². The molecule has 0 radical (unpaired) electrons. The maximum Gasteiger partial charge on any atom is 0.166 e. The molecule has 0 saturated carbocycles. The second-order valence-corrected chi connectivity index (χ2v) is 11.7. The van der Waals surface area contributed by atoms with E-state index in [-0.39, 0.29) is 11.6 Å². The fraction of sp³-hybridized carbons (Fsp3) is 0. The summed E-state index contributed by atoms with van der Waals surface area (Å²) in [6, 6.07) is 13.5.